The molecule has 0 saturated carbocycles. The summed E-state index contributed by atoms with van der Waals surface area (Å²) in [6, 6.07) is 6.57. The van der Waals surface area contributed by atoms with Crippen molar-refractivity contribution in [2.75, 3.05) is 5.73 Å². The van der Waals surface area contributed by atoms with E-state index in [9.17, 15) is 15.3 Å². The summed E-state index contributed by atoms with van der Waals surface area (Å²) in [7, 11) is 0. The topological polar surface area (TPSA) is 105 Å². The van der Waals surface area contributed by atoms with E-state index < -0.39 is 30.7 Å². The summed E-state index contributed by atoms with van der Waals surface area (Å²) in [6.45, 7) is 1.60. The molecule has 1 heterocycles. The first-order valence-corrected chi connectivity index (χ1v) is 5.71. The minimum atomic E-state index is -1.31. The zero-order valence-electron chi connectivity index (χ0n) is 9.93. The van der Waals surface area contributed by atoms with Gasteiger partial charge in [0.2, 0.25) is 6.29 Å². The lowest BCUT2D eigenvalue weighted by atomic mass is 10.00. The third-order valence-electron chi connectivity index (χ3n) is 2.94. The number of hydrogen-bond acceptors (Lipinski definition) is 6. The van der Waals surface area contributed by atoms with Gasteiger partial charge in [-0.2, -0.15) is 0 Å². The minimum Gasteiger partial charge on any atom is -0.462 e. The molecule has 100 valence electrons. The second-order valence-corrected chi connectivity index (χ2v) is 4.37. The van der Waals surface area contributed by atoms with Gasteiger partial charge in [-0.3, -0.25) is 0 Å². The van der Waals surface area contributed by atoms with Gasteiger partial charge in [0, 0.05) is 5.69 Å². The van der Waals surface area contributed by atoms with Gasteiger partial charge in [-0.1, -0.05) is 0 Å². The Morgan fingerprint density at radius 2 is 1.67 bits per heavy atom. The summed E-state index contributed by atoms with van der Waals surface area (Å²) in [4.78, 5) is 0. The van der Waals surface area contributed by atoms with Crippen molar-refractivity contribution >= 4 is 5.69 Å². The number of anilines is 1. The number of aliphatic hydroxyl groups excluding tert-OH is 3. The molecule has 18 heavy (non-hydrogen) atoms. The Balaban J connectivity index is 2.06. The van der Waals surface area contributed by atoms with Crippen LogP contribution in [0.2, 0.25) is 0 Å². The van der Waals surface area contributed by atoms with Crippen LogP contribution in [0.5, 0.6) is 5.75 Å². The second kappa shape index (κ2) is 5.11. The maximum Gasteiger partial charge on any atom is 0.229 e. The van der Waals surface area contributed by atoms with Crippen molar-refractivity contribution in [1.29, 1.82) is 0 Å². The van der Waals surface area contributed by atoms with E-state index in [0.717, 1.165) is 0 Å². The van der Waals surface area contributed by atoms with Crippen molar-refractivity contribution in [3.63, 3.8) is 0 Å². The van der Waals surface area contributed by atoms with Gasteiger partial charge >= 0.3 is 0 Å². The fraction of sp³-hybridized carbons (Fsp3) is 0.500. The van der Waals surface area contributed by atoms with Crippen LogP contribution in [-0.4, -0.2) is 46.0 Å². The third kappa shape index (κ3) is 2.56. The normalized spacial score (nSPS) is 36.3. The summed E-state index contributed by atoms with van der Waals surface area (Å²) in [5.41, 5.74) is 6.13. The third-order valence-corrected chi connectivity index (χ3v) is 2.94. The van der Waals surface area contributed by atoms with Crippen molar-refractivity contribution < 1.29 is 24.8 Å². The van der Waals surface area contributed by atoms with Gasteiger partial charge in [0.1, 0.15) is 24.1 Å². The van der Waals surface area contributed by atoms with Crippen LogP contribution in [0.25, 0.3) is 0 Å². The maximum atomic E-state index is 9.76. The van der Waals surface area contributed by atoms with E-state index in [4.69, 9.17) is 15.2 Å². The lowest BCUT2D eigenvalue weighted by molar-refractivity contribution is -0.268. The summed E-state index contributed by atoms with van der Waals surface area (Å²) in [6.07, 6.45) is -5.39. The van der Waals surface area contributed by atoms with Crippen LogP contribution in [0.3, 0.4) is 0 Å². The van der Waals surface area contributed by atoms with Gasteiger partial charge in [0.05, 0.1) is 6.10 Å². The van der Waals surface area contributed by atoms with Crippen molar-refractivity contribution in [3.8, 4) is 5.75 Å². The lowest BCUT2D eigenvalue weighted by Gasteiger charge is -2.38. The van der Waals surface area contributed by atoms with Gasteiger partial charge < -0.3 is 30.5 Å². The number of benzene rings is 1. The van der Waals surface area contributed by atoms with E-state index in [0.29, 0.717) is 11.4 Å². The molecule has 1 fully saturated rings. The van der Waals surface area contributed by atoms with Crippen molar-refractivity contribution in [3.05, 3.63) is 24.3 Å². The molecule has 0 spiro atoms. The van der Waals surface area contributed by atoms with Crippen LogP contribution < -0.4 is 10.5 Å². The molecule has 0 bridgehead atoms. The van der Waals surface area contributed by atoms with Gasteiger partial charge in [-0.05, 0) is 31.2 Å². The highest BCUT2D eigenvalue weighted by Crippen LogP contribution is 2.24. The summed E-state index contributed by atoms with van der Waals surface area (Å²) >= 11 is 0. The van der Waals surface area contributed by atoms with Crippen LogP contribution in [0.1, 0.15) is 6.92 Å². The fourth-order valence-corrected chi connectivity index (χ4v) is 1.79. The molecule has 1 aliphatic rings. The first-order chi connectivity index (χ1) is 8.49. The molecular weight excluding hydrogens is 238 g/mol. The molecule has 2 rings (SSSR count). The predicted molar refractivity (Wildman–Crippen MR) is 63.8 cm³/mol. The largest absolute Gasteiger partial charge is 0.462 e. The van der Waals surface area contributed by atoms with E-state index in [1.807, 2.05) is 0 Å². The average molecular weight is 255 g/mol. The Morgan fingerprint density at radius 3 is 2.28 bits per heavy atom. The van der Waals surface area contributed by atoms with Gasteiger partial charge in [0.25, 0.3) is 0 Å². The van der Waals surface area contributed by atoms with Crippen LogP contribution in [-0.2, 0) is 4.74 Å². The van der Waals surface area contributed by atoms with Gasteiger partial charge in [0.15, 0.2) is 0 Å². The van der Waals surface area contributed by atoms with Crippen LogP contribution in [0, 0.1) is 0 Å². The molecule has 1 aromatic carbocycles. The summed E-state index contributed by atoms with van der Waals surface area (Å²) in [5, 5.41) is 28.9. The van der Waals surface area contributed by atoms with E-state index in [1.54, 1.807) is 31.2 Å². The number of rotatable bonds is 2. The van der Waals surface area contributed by atoms with Gasteiger partial charge in [-0.15, -0.1) is 0 Å². The molecular formula is C12H17NO5. The van der Waals surface area contributed by atoms with Crippen LogP contribution >= 0.6 is 0 Å². The monoisotopic (exact) mass is 255 g/mol. The first kappa shape index (κ1) is 13.1. The van der Waals surface area contributed by atoms with E-state index >= 15 is 0 Å². The molecule has 6 nitrogen and oxygen atoms in total. The molecule has 5 unspecified atom stereocenters. The van der Waals surface area contributed by atoms with Crippen LogP contribution in [0.4, 0.5) is 5.69 Å². The van der Waals surface area contributed by atoms with Crippen LogP contribution in [0.15, 0.2) is 24.3 Å². The van der Waals surface area contributed by atoms with E-state index in [1.165, 1.54) is 0 Å². The predicted octanol–water partition coefficient (Wildman–Crippen LogP) is -0.525. The zero-order chi connectivity index (χ0) is 13.3. The Morgan fingerprint density at radius 1 is 1.06 bits per heavy atom. The van der Waals surface area contributed by atoms with E-state index in [2.05, 4.69) is 0 Å². The molecule has 0 aliphatic carbocycles. The quantitative estimate of drug-likeness (QED) is 0.530. The van der Waals surface area contributed by atoms with Crippen molar-refractivity contribution in [2.45, 2.75) is 37.6 Å². The smallest absolute Gasteiger partial charge is 0.229 e. The Bertz CT molecular complexity index is 396. The zero-order valence-corrected chi connectivity index (χ0v) is 9.93. The highest BCUT2D eigenvalue weighted by atomic mass is 16.7. The molecule has 6 heteroatoms. The highest BCUT2D eigenvalue weighted by Gasteiger charge is 2.43. The highest BCUT2D eigenvalue weighted by molar-refractivity contribution is 5.41. The molecule has 5 atom stereocenters. The number of aliphatic hydroxyl groups is 3. The molecule has 1 saturated heterocycles. The summed E-state index contributed by atoms with van der Waals surface area (Å²) in [5.74, 6) is 0.462. The fourth-order valence-electron chi connectivity index (χ4n) is 1.79. The number of hydrogen-bond donors (Lipinski definition) is 4. The minimum absolute atomic E-state index is 0.462. The average Bonchev–Trinajstić information content (AvgIpc) is 2.36. The number of nitrogens with two attached hydrogens (primary N) is 1. The number of nitrogen functional groups attached to an aromatic ring is 1. The second-order valence-electron chi connectivity index (χ2n) is 4.37. The lowest BCUT2D eigenvalue weighted by Crippen LogP contribution is -2.58. The SMILES string of the molecule is CC1OC(Oc2ccc(N)cc2)C(O)C(O)C1O. The first-order valence-electron chi connectivity index (χ1n) is 5.71. The molecule has 0 amide bonds. The molecule has 1 aliphatic heterocycles. The Hall–Kier alpha value is -1.34. The van der Waals surface area contributed by atoms with Crippen molar-refractivity contribution in [1.82, 2.24) is 0 Å². The van der Waals surface area contributed by atoms with E-state index in [-0.39, 0.29) is 0 Å². The molecule has 1 aromatic rings. The molecule has 0 aromatic heterocycles. The summed E-state index contributed by atoms with van der Waals surface area (Å²) < 4.78 is 10.7. The maximum absolute atomic E-state index is 9.76. The standard InChI is InChI=1S/C12H17NO5/c1-6-9(14)10(15)11(16)12(17-6)18-8-4-2-7(13)3-5-8/h2-6,9-12,14-16H,13H2,1H3. The Labute approximate surface area is 105 Å². The van der Waals surface area contributed by atoms with Gasteiger partial charge in [-0.25, -0.2) is 0 Å². The molecule has 5 N–H and O–H groups in total. The Kier molecular flexibility index (Phi) is 3.72. The number of ether oxygens (including phenoxy) is 2. The molecule has 0 radical (unpaired) electrons. The van der Waals surface area contributed by atoms with Crippen molar-refractivity contribution in [2.24, 2.45) is 0 Å².